The van der Waals surface area contributed by atoms with Crippen LogP contribution >= 0.6 is 11.3 Å². The molecule has 3 aromatic rings. The van der Waals surface area contributed by atoms with Gasteiger partial charge in [0.15, 0.2) is 0 Å². The lowest BCUT2D eigenvalue weighted by atomic mass is 10.2. The first-order valence-electron chi connectivity index (χ1n) is 8.13. The second kappa shape index (κ2) is 6.16. The number of thiophene rings is 1. The van der Waals surface area contributed by atoms with Gasteiger partial charge in [-0.1, -0.05) is 12.1 Å². The van der Waals surface area contributed by atoms with Gasteiger partial charge in [-0.2, -0.15) is 0 Å². The molecule has 2 aromatic heterocycles. The van der Waals surface area contributed by atoms with E-state index >= 15 is 0 Å². The average Bonchev–Trinajstić information content (AvgIpc) is 3.24. The number of carbonyl (C=O) groups is 1. The maximum Gasteiger partial charge on any atom is 0.261 e. The number of nitrogens with zero attached hydrogens (tertiary/aromatic N) is 1. The van der Waals surface area contributed by atoms with Gasteiger partial charge in [0, 0.05) is 17.8 Å². The first kappa shape index (κ1) is 14.5. The predicted octanol–water partition coefficient (Wildman–Crippen LogP) is 3.48. The van der Waals surface area contributed by atoms with Gasteiger partial charge in [0.05, 0.1) is 15.9 Å². The highest BCUT2D eigenvalue weighted by Gasteiger charge is 2.18. The van der Waals surface area contributed by atoms with Crippen LogP contribution < -0.4 is 5.32 Å². The van der Waals surface area contributed by atoms with E-state index < -0.39 is 0 Å². The average molecular weight is 325 g/mol. The van der Waals surface area contributed by atoms with Crippen LogP contribution in [0.2, 0.25) is 0 Å². The van der Waals surface area contributed by atoms with E-state index in [2.05, 4.69) is 21.4 Å². The number of aromatic nitrogens is 2. The minimum Gasteiger partial charge on any atom is -0.351 e. The van der Waals surface area contributed by atoms with Crippen molar-refractivity contribution in [3.63, 3.8) is 0 Å². The molecule has 0 spiro atoms. The highest BCUT2D eigenvalue weighted by Crippen LogP contribution is 2.30. The highest BCUT2D eigenvalue weighted by molar-refractivity contribution is 7.14. The number of rotatable bonds is 5. The molecule has 2 N–H and O–H groups in total. The van der Waals surface area contributed by atoms with Crippen LogP contribution in [0, 0.1) is 0 Å². The summed E-state index contributed by atoms with van der Waals surface area (Å²) in [7, 11) is 0. The van der Waals surface area contributed by atoms with E-state index in [1.54, 1.807) is 11.3 Å². The van der Waals surface area contributed by atoms with Gasteiger partial charge in [0.2, 0.25) is 0 Å². The van der Waals surface area contributed by atoms with E-state index in [0.29, 0.717) is 6.54 Å². The molecular weight excluding hydrogens is 306 g/mol. The molecule has 4 nitrogen and oxygen atoms in total. The molecule has 1 aliphatic rings. The molecule has 2 heterocycles. The Morgan fingerprint density at radius 3 is 3.09 bits per heavy atom. The Balaban J connectivity index is 1.28. The number of benzene rings is 1. The molecule has 0 unspecified atom stereocenters. The number of aryl methyl sites for hydroxylation is 3. The van der Waals surface area contributed by atoms with Gasteiger partial charge in [0.1, 0.15) is 5.82 Å². The molecule has 0 bridgehead atoms. The smallest absolute Gasteiger partial charge is 0.261 e. The molecule has 0 aliphatic heterocycles. The van der Waals surface area contributed by atoms with Crippen LogP contribution in [-0.2, 0) is 19.3 Å². The summed E-state index contributed by atoms with van der Waals surface area (Å²) in [6.07, 6.45) is 5.23. The van der Waals surface area contributed by atoms with Gasteiger partial charge in [-0.15, -0.1) is 11.3 Å². The molecule has 0 atom stereocenters. The Labute approximate surface area is 138 Å². The molecule has 23 heavy (non-hydrogen) atoms. The van der Waals surface area contributed by atoms with Crippen molar-refractivity contribution in [2.24, 2.45) is 0 Å². The quantitative estimate of drug-likeness (QED) is 0.706. The second-order valence-corrected chi connectivity index (χ2v) is 7.11. The van der Waals surface area contributed by atoms with Crippen LogP contribution in [0.4, 0.5) is 0 Å². The Kier molecular flexibility index (Phi) is 3.87. The van der Waals surface area contributed by atoms with Crippen molar-refractivity contribution in [1.82, 2.24) is 15.3 Å². The zero-order chi connectivity index (χ0) is 15.6. The summed E-state index contributed by atoms with van der Waals surface area (Å²) in [5, 5.41) is 3.02. The number of carbonyl (C=O) groups excluding carboxylic acids is 1. The van der Waals surface area contributed by atoms with Crippen molar-refractivity contribution < 1.29 is 4.79 Å². The molecule has 1 aromatic carbocycles. The van der Waals surface area contributed by atoms with Gasteiger partial charge in [-0.05, 0) is 49.4 Å². The fourth-order valence-corrected chi connectivity index (χ4v) is 4.28. The number of H-pyrrole nitrogens is 1. The predicted molar refractivity (Wildman–Crippen MR) is 93.1 cm³/mol. The summed E-state index contributed by atoms with van der Waals surface area (Å²) in [4.78, 5) is 22.3. The molecule has 5 heteroatoms. The molecular formula is C18H19N3OS. The lowest BCUT2D eigenvalue weighted by molar-refractivity contribution is 0.0957. The fraction of sp³-hybridized carbons (Fsp3) is 0.333. The lowest BCUT2D eigenvalue weighted by Gasteiger charge is -2.02. The van der Waals surface area contributed by atoms with Crippen molar-refractivity contribution >= 4 is 28.3 Å². The van der Waals surface area contributed by atoms with Gasteiger partial charge in [-0.3, -0.25) is 4.79 Å². The number of imidazole rings is 1. The van der Waals surface area contributed by atoms with Crippen LogP contribution in [-0.4, -0.2) is 22.4 Å². The summed E-state index contributed by atoms with van der Waals surface area (Å²) >= 11 is 1.66. The van der Waals surface area contributed by atoms with Crippen molar-refractivity contribution in [2.45, 2.75) is 32.1 Å². The number of nitrogens with one attached hydrogen (secondary N) is 2. The molecule has 1 amide bonds. The summed E-state index contributed by atoms with van der Waals surface area (Å²) < 4.78 is 0. The minimum atomic E-state index is 0.0639. The Morgan fingerprint density at radius 2 is 2.22 bits per heavy atom. The maximum atomic E-state index is 12.2. The van der Waals surface area contributed by atoms with Crippen LogP contribution in [0.15, 0.2) is 30.3 Å². The van der Waals surface area contributed by atoms with Crippen LogP contribution in [0.3, 0.4) is 0 Å². The van der Waals surface area contributed by atoms with Crippen molar-refractivity contribution in [3.05, 3.63) is 51.5 Å². The van der Waals surface area contributed by atoms with Crippen LogP contribution in [0.25, 0.3) is 11.0 Å². The monoisotopic (exact) mass is 325 g/mol. The third-order valence-electron chi connectivity index (χ3n) is 4.28. The van der Waals surface area contributed by atoms with E-state index in [4.69, 9.17) is 0 Å². The maximum absolute atomic E-state index is 12.2. The SMILES string of the molecule is O=C(NCCCc1nc2ccccc2[nH]1)c1cc2c(s1)CCC2. The number of hydrogen-bond acceptors (Lipinski definition) is 3. The topological polar surface area (TPSA) is 57.8 Å². The molecule has 0 fully saturated rings. The minimum absolute atomic E-state index is 0.0639. The van der Waals surface area contributed by atoms with Crippen LogP contribution in [0.5, 0.6) is 0 Å². The third kappa shape index (κ3) is 3.01. The van der Waals surface area contributed by atoms with Crippen molar-refractivity contribution in [3.8, 4) is 0 Å². The van der Waals surface area contributed by atoms with Gasteiger partial charge < -0.3 is 10.3 Å². The summed E-state index contributed by atoms with van der Waals surface area (Å²) in [5.41, 5.74) is 3.45. The number of fused-ring (bicyclic) bond motifs is 2. The van der Waals surface area contributed by atoms with Crippen molar-refractivity contribution in [1.29, 1.82) is 0 Å². The normalized spacial score (nSPS) is 13.4. The van der Waals surface area contributed by atoms with E-state index in [1.807, 2.05) is 24.3 Å². The largest absolute Gasteiger partial charge is 0.351 e. The first-order chi connectivity index (χ1) is 11.3. The fourth-order valence-electron chi connectivity index (χ4n) is 3.11. The zero-order valence-electron chi connectivity index (χ0n) is 12.9. The Morgan fingerprint density at radius 1 is 1.30 bits per heavy atom. The molecule has 0 saturated carbocycles. The van der Waals surface area contributed by atoms with Crippen LogP contribution in [0.1, 0.15) is 38.8 Å². The van der Waals surface area contributed by atoms with Gasteiger partial charge in [-0.25, -0.2) is 4.98 Å². The van der Waals surface area contributed by atoms with Crippen molar-refractivity contribution in [2.75, 3.05) is 6.54 Å². The summed E-state index contributed by atoms with van der Waals surface area (Å²) in [6.45, 7) is 0.679. The van der Waals surface area contributed by atoms with Gasteiger partial charge >= 0.3 is 0 Å². The Hall–Kier alpha value is -2.14. The summed E-state index contributed by atoms with van der Waals surface area (Å²) in [5.74, 6) is 1.05. The third-order valence-corrected chi connectivity index (χ3v) is 5.52. The molecule has 0 radical (unpaired) electrons. The standard InChI is InChI=1S/C18H19N3OS/c22-18(16-11-12-5-3-8-15(12)23-16)19-10-4-9-17-20-13-6-1-2-7-14(13)21-17/h1-2,6-7,11H,3-5,8-10H2,(H,19,22)(H,20,21). The van der Waals surface area contributed by atoms with E-state index in [0.717, 1.165) is 47.4 Å². The van der Waals surface area contributed by atoms with Gasteiger partial charge in [0.25, 0.3) is 5.91 Å². The Bertz CT molecular complexity index is 794. The first-order valence-corrected chi connectivity index (χ1v) is 8.94. The number of hydrogen-bond donors (Lipinski definition) is 2. The van der Waals surface area contributed by atoms with E-state index in [1.165, 1.54) is 16.9 Å². The second-order valence-electron chi connectivity index (χ2n) is 5.97. The molecule has 0 saturated heterocycles. The van der Waals surface area contributed by atoms with E-state index in [9.17, 15) is 4.79 Å². The lowest BCUT2D eigenvalue weighted by Crippen LogP contribution is -2.24. The number of para-hydroxylation sites is 2. The van der Waals surface area contributed by atoms with E-state index in [-0.39, 0.29) is 5.91 Å². The highest BCUT2D eigenvalue weighted by atomic mass is 32.1. The number of amides is 1. The number of aromatic amines is 1. The summed E-state index contributed by atoms with van der Waals surface area (Å²) in [6, 6.07) is 10.1. The molecule has 1 aliphatic carbocycles. The zero-order valence-corrected chi connectivity index (χ0v) is 13.7. The molecule has 118 valence electrons. The molecule has 4 rings (SSSR count).